The summed E-state index contributed by atoms with van der Waals surface area (Å²) in [6.07, 6.45) is 0.945. The van der Waals surface area contributed by atoms with Crippen LogP contribution in [0.25, 0.3) is 0 Å². The third kappa shape index (κ3) is 5.04. The van der Waals surface area contributed by atoms with Crippen LogP contribution in [-0.4, -0.2) is 5.91 Å². The molecule has 1 unspecified atom stereocenters. The lowest BCUT2D eigenvalue weighted by Gasteiger charge is -2.22. The average Bonchev–Trinajstić information content (AvgIpc) is 2.67. The summed E-state index contributed by atoms with van der Waals surface area (Å²) < 4.78 is 13.0. The molecule has 138 valence electrons. The molecule has 3 heteroatoms. The van der Waals surface area contributed by atoms with Crippen molar-refractivity contribution in [1.29, 1.82) is 0 Å². The number of halogens is 1. The number of aryl methyl sites for hydroxylation is 3. The summed E-state index contributed by atoms with van der Waals surface area (Å²) in [7, 11) is 0. The number of hydrogen-bond donors (Lipinski definition) is 1. The number of rotatable bonds is 6. The predicted octanol–water partition coefficient (Wildman–Crippen LogP) is 5.28. The Bertz CT molecular complexity index is 903. The quantitative estimate of drug-likeness (QED) is 0.636. The van der Waals surface area contributed by atoms with Crippen molar-refractivity contribution >= 4 is 5.91 Å². The summed E-state index contributed by atoms with van der Waals surface area (Å²) in [5.74, 6) is -0.282. The summed E-state index contributed by atoms with van der Waals surface area (Å²) >= 11 is 0. The van der Waals surface area contributed by atoms with E-state index in [4.69, 9.17) is 0 Å². The van der Waals surface area contributed by atoms with E-state index in [1.807, 2.05) is 30.3 Å². The molecular formula is C24H24FNO. The van der Waals surface area contributed by atoms with E-state index in [9.17, 15) is 9.18 Å². The van der Waals surface area contributed by atoms with Crippen molar-refractivity contribution in [2.24, 2.45) is 0 Å². The van der Waals surface area contributed by atoms with Gasteiger partial charge in [-0.25, -0.2) is 4.39 Å². The van der Waals surface area contributed by atoms with Gasteiger partial charge in [-0.3, -0.25) is 4.79 Å². The predicted molar refractivity (Wildman–Crippen MR) is 107 cm³/mol. The van der Waals surface area contributed by atoms with E-state index in [2.05, 4.69) is 37.4 Å². The monoisotopic (exact) mass is 361 g/mol. The van der Waals surface area contributed by atoms with Gasteiger partial charge >= 0.3 is 0 Å². The number of hydrogen-bond acceptors (Lipinski definition) is 1. The zero-order valence-corrected chi connectivity index (χ0v) is 15.7. The number of amides is 1. The zero-order valence-electron chi connectivity index (χ0n) is 15.7. The maximum Gasteiger partial charge on any atom is 0.221 e. The first-order valence-corrected chi connectivity index (χ1v) is 9.19. The van der Waals surface area contributed by atoms with Crippen LogP contribution in [0.15, 0.2) is 72.8 Å². The van der Waals surface area contributed by atoms with E-state index < -0.39 is 0 Å². The minimum absolute atomic E-state index is 0.0202. The summed E-state index contributed by atoms with van der Waals surface area (Å²) in [6, 6.07) is 22.4. The SMILES string of the molecule is Cc1ccc(C(NC(=O)CCc2ccc(F)cc2)c2ccccc2)c(C)c1. The third-order valence-corrected chi connectivity index (χ3v) is 4.73. The molecule has 0 aliphatic rings. The average molecular weight is 361 g/mol. The molecule has 0 heterocycles. The molecule has 0 spiro atoms. The van der Waals surface area contributed by atoms with Crippen molar-refractivity contribution in [3.8, 4) is 0 Å². The van der Waals surface area contributed by atoms with Crippen LogP contribution in [0.5, 0.6) is 0 Å². The lowest BCUT2D eigenvalue weighted by Crippen LogP contribution is -2.30. The normalized spacial score (nSPS) is 11.8. The number of carbonyl (C=O) groups is 1. The largest absolute Gasteiger partial charge is 0.345 e. The first-order chi connectivity index (χ1) is 13.0. The zero-order chi connectivity index (χ0) is 19.2. The van der Waals surface area contributed by atoms with E-state index >= 15 is 0 Å². The van der Waals surface area contributed by atoms with Crippen LogP contribution in [0.1, 0.15) is 40.3 Å². The molecule has 1 N–H and O–H groups in total. The van der Waals surface area contributed by atoms with Gasteiger partial charge in [0.1, 0.15) is 5.82 Å². The Kier molecular flexibility index (Phi) is 6.02. The van der Waals surface area contributed by atoms with E-state index in [-0.39, 0.29) is 17.8 Å². The molecule has 1 amide bonds. The van der Waals surface area contributed by atoms with Crippen LogP contribution in [0.2, 0.25) is 0 Å². The standard InChI is InChI=1S/C24H24FNO/c1-17-8-14-22(18(2)16-17)24(20-6-4-3-5-7-20)26-23(27)15-11-19-9-12-21(25)13-10-19/h3-10,12-14,16,24H,11,15H2,1-2H3,(H,26,27). The maximum atomic E-state index is 13.0. The first-order valence-electron chi connectivity index (χ1n) is 9.19. The topological polar surface area (TPSA) is 29.1 Å². The molecule has 0 saturated heterocycles. The summed E-state index contributed by atoms with van der Waals surface area (Å²) in [5, 5.41) is 3.18. The summed E-state index contributed by atoms with van der Waals surface area (Å²) in [4.78, 5) is 12.6. The van der Waals surface area contributed by atoms with Crippen molar-refractivity contribution in [2.75, 3.05) is 0 Å². The van der Waals surface area contributed by atoms with Gasteiger partial charge in [0.15, 0.2) is 0 Å². The molecule has 1 atom stereocenters. The van der Waals surface area contributed by atoms with Crippen molar-refractivity contribution in [2.45, 2.75) is 32.7 Å². The number of benzene rings is 3. The van der Waals surface area contributed by atoms with Crippen LogP contribution < -0.4 is 5.32 Å². The lowest BCUT2D eigenvalue weighted by atomic mass is 9.93. The van der Waals surface area contributed by atoms with Crippen LogP contribution in [0, 0.1) is 19.7 Å². The molecule has 0 bridgehead atoms. The fourth-order valence-corrected chi connectivity index (χ4v) is 3.28. The number of nitrogens with one attached hydrogen (secondary N) is 1. The van der Waals surface area contributed by atoms with Crippen LogP contribution in [-0.2, 0) is 11.2 Å². The second kappa shape index (κ2) is 8.63. The minimum atomic E-state index is -0.262. The van der Waals surface area contributed by atoms with Crippen LogP contribution in [0.3, 0.4) is 0 Å². The molecule has 3 aromatic rings. The molecular weight excluding hydrogens is 337 g/mol. The van der Waals surface area contributed by atoms with Crippen molar-refractivity contribution in [3.63, 3.8) is 0 Å². The number of carbonyl (C=O) groups excluding carboxylic acids is 1. The Morgan fingerprint density at radius 3 is 2.33 bits per heavy atom. The molecule has 0 aliphatic heterocycles. The van der Waals surface area contributed by atoms with E-state index in [0.29, 0.717) is 12.8 Å². The molecule has 0 fully saturated rings. The highest BCUT2D eigenvalue weighted by atomic mass is 19.1. The second-order valence-corrected chi connectivity index (χ2v) is 6.90. The molecule has 2 nitrogen and oxygen atoms in total. The van der Waals surface area contributed by atoms with Crippen molar-refractivity contribution in [3.05, 3.63) is 106 Å². The van der Waals surface area contributed by atoms with Gasteiger partial charge in [0.05, 0.1) is 6.04 Å². The van der Waals surface area contributed by atoms with Gasteiger partial charge in [-0.05, 0) is 54.7 Å². The Hall–Kier alpha value is -2.94. The van der Waals surface area contributed by atoms with E-state index in [0.717, 1.165) is 22.3 Å². The third-order valence-electron chi connectivity index (χ3n) is 4.73. The van der Waals surface area contributed by atoms with Crippen molar-refractivity contribution in [1.82, 2.24) is 5.32 Å². The Balaban J connectivity index is 1.77. The van der Waals surface area contributed by atoms with Gasteiger partial charge < -0.3 is 5.32 Å². The molecule has 3 aromatic carbocycles. The highest BCUT2D eigenvalue weighted by molar-refractivity contribution is 5.77. The molecule has 3 rings (SSSR count). The smallest absolute Gasteiger partial charge is 0.221 e. The maximum absolute atomic E-state index is 13.0. The van der Waals surface area contributed by atoms with Gasteiger partial charge in [0.25, 0.3) is 0 Å². The highest BCUT2D eigenvalue weighted by Crippen LogP contribution is 2.26. The minimum Gasteiger partial charge on any atom is -0.345 e. The fourth-order valence-electron chi connectivity index (χ4n) is 3.28. The van der Waals surface area contributed by atoms with Crippen LogP contribution >= 0.6 is 0 Å². The fraction of sp³-hybridized carbons (Fsp3) is 0.208. The summed E-state index contributed by atoms with van der Waals surface area (Å²) in [6.45, 7) is 4.14. The first kappa shape index (κ1) is 18.8. The second-order valence-electron chi connectivity index (χ2n) is 6.90. The van der Waals surface area contributed by atoms with Crippen molar-refractivity contribution < 1.29 is 9.18 Å². The lowest BCUT2D eigenvalue weighted by molar-refractivity contribution is -0.121. The van der Waals surface area contributed by atoms with Gasteiger partial charge in [-0.1, -0.05) is 66.2 Å². The molecule has 0 aromatic heterocycles. The van der Waals surface area contributed by atoms with Crippen LogP contribution in [0.4, 0.5) is 4.39 Å². The Morgan fingerprint density at radius 2 is 1.67 bits per heavy atom. The highest BCUT2D eigenvalue weighted by Gasteiger charge is 2.18. The Morgan fingerprint density at radius 1 is 0.963 bits per heavy atom. The van der Waals surface area contributed by atoms with Gasteiger partial charge in [-0.15, -0.1) is 0 Å². The van der Waals surface area contributed by atoms with Gasteiger partial charge in [0.2, 0.25) is 5.91 Å². The van der Waals surface area contributed by atoms with E-state index in [1.54, 1.807) is 12.1 Å². The van der Waals surface area contributed by atoms with E-state index in [1.165, 1.54) is 17.7 Å². The Labute approximate surface area is 160 Å². The molecule has 0 saturated carbocycles. The summed E-state index contributed by atoms with van der Waals surface area (Å²) in [5.41, 5.74) is 5.46. The molecule has 0 aliphatic carbocycles. The molecule has 0 radical (unpaired) electrons. The van der Waals surface area contributed by atoms with Gasteiger partial charge in [0, 0.05) is 6.42 Å². The van der Waals surface area contributed by atoms with Gasteiger partial charge in [-0.2, -0.15) is 0 Å². The molecule has 27 heavy (non-hydrogen) atoms.